The fourth-order valence-electron chi connectivity index (χ4n) is 1.94. The minimum atomic E-state index is -0.494. The zero-order valence-corrected chi connectivity index (χ0v) is 8.73. The molecule has 0 aromatic heterocycles. The van der Waals surface area contributed by atoms with E-state index in [0.717, 1.165) is 5.56 Å². The maximum absolute atomic E-state index is 13.2. The van der Waals surface area contributed by atoms with E-state index in [1.54, 1.807) is 6.07 Å². The molecule has 0 spiro atoms. The first-order valence-electron chi connectivity index (χ1n) is 4.79. The lowest BCUT2D eigenvalue weighted by molar-refractivity contribution is -0.117. The predicted octanol–water partition coefficient (Wildman–Crippen LogP) is 2.03. The van der Waals surface area contributed by atoms with Crippen LogP contribution in [0.5, 0.6) is 0 Å². The lowest BCUT2D eigenvalue weighted by atomic mass is 9.78. The average molecular weight is 208 g/mol. The first-order valence-corrected chi connectivity index (χ1v) is 4.79. The molecular weight excluding hydrogens is 195 g/mol. The van der Waals surface area contributed by atoms with Gasteiger partial charge in [-0.25, -0.2) is 4.39 Å². The third-order valence-corrected chi connectivity index (χ3v) is 2.74. The monoisotopic (exact) mass is 208 g/mol. The number of nitrogen functional groups attached to an aromatic ring is 1. The average Bonchev–Trinajstić information content (AvgIpc) is 2.07. The highest BCUT2D eigenvalue weighted by Gasteiger charge is 2.32. The third kappa shape index (κ3) is 1.56. The maximum atomic E-state index is 13.2. The standard InChI is InChI=1S/C11H13FN2O/c1-11(2)5-10(15)14-9-4-7(12)8(13)3-6(9)11/h3-4H,5,13H2,1-2H3,(H,14,15). The number of halogens is 1. The zero-order valence-electron chi connectivity index (χ0n) is 8.73. The van der Waals surface area contributed by atoms with Gasteiger partial charge in [-0.15, -0.1) is 0 Å². The Morgan fingerprint density at radius 2 is 2.13 bits per heavy atom. The van der Waals surface area contributed by atoms with E-state index in [4.69, 9.17) is 5.73 Å². The Kier molecular flexibility index (Phi) is 1.96. The summed E-state index contributed by atoms with van der Waals surface area (Å²) in [5, 5.41) is 2.65. The van der Waals surface area contributed by atoms with Gasteiger partial charge < -0.3 is 11.1 Å². The Bertz CT molecular complexity index is 440. The molecule has 0 bridgehead atoms. The van der Waals surface area contributed by atoms with Gasteiger partial charge in [0.2, 0.25) is 5.91 Å². The quantitative estimate of drug-likeness (QED) is 0.641. The number of carbonyl (C=O) groups is 1. The Labute approximate surface area is 87.5 Å². The minimum Gasteiger partial charge on any atom is -0.396 e. The maximum Gasteiger partial charge on any atom is 0.225 e. The Morgan fingerprint density at radius 3 is 2.80 bits per heavy atom. The molecule has 1 aromatic carbocycles. The molecule has 0 atom stereocenters. The van der Waals surface area contributed by atoms with Crippen LogP contribution in [0.15, 0.2) is 12.1 Å². The number of fused-ring (bicyclic) bond motifs is 1. The van der Waals surface area contributed by atoms with Crippen LogP contribution in [-0.2, 0) is 10.2 Å². The molecular formula is C11H13FN2O. The molecule has 1 aromatic rings. The van der Waals surface area contributed by atoms with E-state index in [1.165, 1.54) is 6.07 Å². The van der Waals surface area contributed by atoms with Gasteiger partial charge in [0, 0.05) is 17.5 Å². The van der Waals surface area contributed by atoms with Crippen molar-refractivity contribution in [3.8, 4) is 0 Å². The molecule has 3 nitrogen and oxygen atoms in total. The topological polar surface area (TPSA) is 55.1 Å². The van der Waals surface area contributed by atoms with Crippen LogP contribution in [0.25, 0.3) is 0 Å². The number of anilines is 2. The van der Waals surface area contributed by atoms with Crippen LogP contribution in [0.3, 0.4) is 0 Å². The summed E-state index contributed by atoms with van der Waals surface area (Å²) < 4.78 is 13.2. The number of nitrogens with two attached hydrogens (primary N) is 1. The van der Waals surface area contributed by atoms with Crippen molar-refractivity contribution in [2.45, 2.75) is 25.7 Å². The number of nitrogens with one attached hydrogen (secondary N) is 1. The highest BCUT2D eigenvalue weighted by Crippen LogP contribution is 2.38. The summed E-state index contributed by atoms with van der Waals surface area (Å²) in [5.74, 6) is -0.580. The van der Waals surface area contributed by atoms with Crippen molar-refractivity contribution in [1.29, 1.82) is 0 Å². The number of benzene rings is 1. The lowest BCUT2D eigenvalue weighted by Crippen LogP contribution is -2.32. The first-order chi connectivity index (χ1) is 6.90. The molecule has 2 rings (SSSR count). The van der Waals surface area contributed by atoms with E-state index >= 15 is 0 Å². The minimum absolute atomic E-state index is 0.0864. The summed E-state index contributed by atoms with van der Waals surface area (Å²) >= 11 is 0. The van der Waals surface area contributed by atoms with Crippen molar-refractivity contribution in [3.63, 3.8) is 0 Å². The van der Waals surface area contributed by atoms with Gasteiger partial charge in [-0.05, 0) is 17.7 Å². The van der Waals surface area contributed by atoms with Gasteiger partial charge in [0.15, 0.2) is 0 Å². The van der Waals surface area contributed by atoms with Crippen LogP contribution in [-0.4, -0.2) is 5.91 Å². The van der Waals surface area contributed by atoms with Gasteiger partial charge in [0.05, 0.1) is 5.69 Å². The van der Waals surface area contributed by atoms with E-state index in [1.807, 2.05) is 13.8 Å². The molecule has 4 heteroatoms. The molecule has 1 heterocycles. The van der Waals surface area contributed by atoms with E-state index in [0.29, 0.717) is 12.1 Å². The lowest BCUT2D eigenvalue weighted by Gasteiger charge is -2.32. The molecule has 0 saturated carbocycles. The summed E-state index contributed by atoms with van der Waals surface area (Å²) in [4.78, 5) is 11.4. The summed E-state index contributed by atoms with van der Waals surface area (Å²) in [5.41, 5.74) is 6.76. The second kappa shape index (κ2) is 2.95. The number of rotatable bonds is 0. The molecule has 0 saturated heterocycles. The highest BCUT2D eigenvalue weighted by atomic mass is 19.1. The van der Waals surface area contributed by atoms with Crippen LogP contribution in [0.2, 0.25) is 0 Å². The summed E-state index contributed by atoms with van der Waals surface area (Å²) in [6.07, 6.45) is 0.394. The molecule has 0 radical (unpaired) electrons. The summed E-state index contributed by atoms with van der Waals surface area (Å²) in [6.45, 7) is 3.89. The van der Waals surface area contributed by atoms with Crippen molar-refractivity contribution < 1.29 is 9.18 Å². The fourth-order valence-corrected chi connectivity index (χ4v) is 1.94. The third-order valence-electron chi connectivity index (χ3n) is 2.74. The van der Waals surface area contributed by atoms with Crippen molar-refractivity contribution in [3.05, 3.63) is 23.5 Å². The van der Waals surface area contributed by atoms with Crippen molar-refractivity contribution >= 4 is 17.3 Å². The second-order valence-corrected chi connectivity index (χ2v) is 4.53. The SMILES string of the molecule is CC1(C)CC(=O)Nc2cc(F)c(N)cc21. The van der Waals surface area contributed by atoms with Gasteiger partial charge in [-0.1, -0.05) is 13.8 Å². The van der Waals surface area contributed by atoms with Gasteiger partial charge >= 0.3 is 0 Å². The Balaban J connectivity index is 2.62. The highest BCUT2D eigenvalue weighted by molar-refractivity contribution is 5.95. The van der Waals surface area contributed by atoms with Crippen LogP contribution in [0.1, 0.15) is 25.8 Å². The molecule has 3 N–H and O–H groups in total. The molecule has 0 aliphatic carbocycles. The van der Waals surface area contributed by atoms with E-state index in [-0.39, 0.29) is 17.0 Å². The van der Waals surface area contributed by atoms with Crippen LogP contribution in [0.4, 0.5) is 15.8 Å². The number of hydrogen-bond acceptors (Lipinski definition) is 2. The zero-order chi connectivity index (χ0) is 11.2. The molecule has 0 fully saturated rings. The molecule has 1 aliphatic heterocycles. The number of amides is 1. The molecule has 0 unspecified atom stereocenters. The predicted molar refractivity (Wildman–Crippen MR) is 57.1 cm³/mol. The Hall–Kier alpha value is -1.58. The molecule has 1 aliphatic rings. The van der Waals surface area contributed by atoms with Crippen molar-refractivity contribution in [1.82, 2.24) is 0 Å². The van der Waals surface area contributed by atoms with Gasteiger partial charge in [0.1, 0.15) is 5.82 Å². The second-order valence-electron chi connectivity index (χ2n) is 4.53. The summed E-state index contributed by atoms with van der Waals surface area (Å²) in [7, 11) is 0. The fraction of sp³-hybridized carbons (Fsp3) is 0.364. The molecule has 15 heavy (non-hydrogen) atoms. The normalized spacial score (nSPS) is 18.2. The van der Waals surface area contributed by atoms with E-state index in [2.05, 4.69) is 5.32 Å². The number of hydrogen-bond donors (Lipinski definition) is 2. The van der Waals surface area contributed by atoms with Gasteiger partial charge in [-0.2, -0.15) is 0 Å². The Morgan fingerprint density at radius 1 is 1.47 bits per heavy atom. The first kappa shape index (κ1) is 9.96. The van der Waals surface area contributed by atoms with Crippen molar-refractivity contribution in [2.24, 2.45) is 0 Å². The van der Waals surface area contributed by atoms with Gasteiger partial charge in [0.25, 0.3) is 0 Å². The van der Waals surface area contributed by atoms with Gasteiger partial charge in [-0.3, -0.25) is 4.79 Å². The molecule has 80 valence electrons. The van der Waals surface area contributed by atoms with E-state index in [9.17, 15) is 9.18 Å². The smallest absolute Gasteiger partial charge is 0.225 e. The van der Waals surface area contributed by atoms with Crippen LogP contribution < -0.4 is 11.1 Å². The number of carbonyl (C=O) groups excluding carboxylic acids is 1. The van der Waals surface area contributed by atoms with E-state index < -0.39 is 5.82 Å². The van der Waals surface area contributed by atoms with Crippen LogP contribution in [0, 0.1) is 5.82 Å². The van der Waals surface area contributed by atoms with Crippen LogP contribution >= 0.6 is 0 Å². The largest absolute Gasteiger partial charge is 0.396 e. The van der Waals surface area contributed by atoms with Crippen molar-refractivity contribution in [2.75, 3.05) is 11.1 Å². The molecule has 1 amide bonds. The summed E-state index contributed by atoms with van der Waals surface area (Å²) in [6, 6.07) is 2.88.